The molecule has 216 valence electrons. The number of hydrogen-bond donors (Lipinski definition) is 0. The highest BCUT2D eigenvalue weighted by atomic mass is 15.2. The zero-order valence-corrected chi connectivity index (χ0v) is 26.0. The summed E-state index contributed by atoms with van der Waals surface area (Å²) in [6, 6.07) is 44.6. The van der Waals surface area contributed by atoms with E-state index < -0.39 is 0 Å². The maximum atomic E-state index is 2.43. The lowest BCUT2D eigenvalue weighted by Crippen LogP contribution is -2.22. The number of rotatable bonds is 3. The van der Waals surface area contributed by atoms with Gasteiger partial charge < -0.3 is 9.80 Å². The molecule has 0 radical (unpaired) electrons. The Kier molecular flexibility index (Phi) is 7.28. The first-order chi connectivity index (χ1) is 21.5. The first-order valence-corrected chi connectivity index (χ1v) is 15.6. The molecule has 44 heavy (non-hydrogen) atoms. The molecule has 5 aromatic carbocycles. The van der Waals surface area contributed by atoms with E-state index in [1.165, 1.54) is 72.6 Å². The van der Waals surface area contributed by atoms with Crippen LogP contribution >= 0.6 is 0 Å². The minimum Gasteiger partial charge on any atom is -0.310 e. The zero-order valence-electron chi connectivity index (χ0n) is 26.0. The summed E-state index contributed by atoms with van der Waals surface area (Å²) in [5, 5.41) is 2.51. The van der Waals surface area contributed by atoms with Crippen molar-refractivity contribution in [3.63, 3.8) is 0 Å². The van der Waals surface area contributed by atoms with E-state index in [1.54, 1.807) is 0 Å². The Balaban J connectivity index is 1.39. The summed E-state index contributed by atoms with van der Waals surface area (Å²) in [6.45, 7) is 8.81. The zero-order chi connectivity index (χ0) is 30.2. The first kappa shape index (κ1) is 27.7. The van der Waals surface area contributed by atoms with E-state index in [2.05, 4.69) is 171 Å². The molecule has 2 aliphatic heterocycles. The number of allylic oxidation sites excluding steroid dienone is 3. The van der Waals surface area contributed by atoms with Gasteiger partial charge in [-0.15, -0.1) is 0 Å². The second-order valence-electron chi connectivity index (χ2n) is 12.0. The monoisotopic (exact) mass is 570 g/mol. The second kappa shape index (κ2) is 11.5. The number of anilines is 5. The molecule has 0 bridgehead atoms. The van der Waals surface area contributed by atoms with Gasteiger partial charge in [-0.05, 0) is 127 Å². The molecule has 0 saturated heterocycles. The maximum Gasteiger partial charge on any atom is 0.0497 e. The first-order valence-electron chi connectivity index (χ1n) is 15.6. The molecule has 5 aromatic rings. The smallest absolute Gasteiger partial charge is 0.0497 e. The molecule has 0 saturated carbocycles. The SMILES string of the molecule is C/C=C\C1=C(C)Cc2ccccc2N1c1cccc(C)c2cc(N3c4ccccc4Cc4ccccc43)ccc2c(C)cc1. The molecule has 2 heteroatoms. The molecule has 0 aliphatic carbocycles. The minimum absolute atomic E-state index is 0.958. The van der Waals surface area contributed by atoms with Crippen LogP contribution in [-0.4, -0.2) is 0 Å². The summed E-state index contributed by atoms with van der Waals surface area (Å²) in [6.07, 6.45) is 6.31. The molecule has 0 spiro atoms. The molecular weight excluding hydrogens is 532 g/mol. The molecule has 2 nitrogen and oxygen atoms in total. The van der Waals surface area contributed by atoms with E-state index in [-0.39, 0.29) is 0 Å². The highest BCUT2D eigenvalue weighted by Crippen LogP contribution is 2.44. The van der Waals surface area contributed by atoms with Crippen LogP contribution in [0.25, 0.3) is 10.8 Å². The Morgan fingerprint density at radius 3 is 1.73 bits per heavy atom. The summed E-state index contributed by atoms with van der Waals surface area (Å²) in [5.74, 6) is 0. The van der Waals surface area contributed by atoms with E-state index >= 15 is 0 Å². The van der Waals surface area contributed by atoms with Gasteiger partial charge in [0, 0.05) is 40.6 Å². The van der Waals surface area contributed by atoms with Crippen LogP contribution in [0.2, 0.25) is 0 Å². The van der Waals surface area contributed by atoms with Crippen molar-refractivity contribution in [2.45, 2.75) is 40.5 Å². The van der Waals surface area contributed by atoms with Gasteiger partial charge in [-0.2, -0.15) is 0 Å². The quantitative estimate of drug-likeness (QED) is 0.209. The van der Waals surface area contributed by atoms with E-state index in [0.717, 1.165) is 18.5 Å². The molecule has 0 aromatic heterocycles. The van der Waals surface area contributed by atoms with Crippen molar-refractivity contribution in [3.05, 3.63) is 173 Å². The summed E-state index contributed by atoms with van der Waals surface area (Å²) < 4.78 is 0. The van der Waals surface area contributed by atoms with Gasteiger partial charge >= 0.3 is 0 Å². The predicted molar refractivity (Wildman–Crippen MR) is 188 cm³/mol. The molecule has 0 N–H and O–H groups in total. The predicted octanol–water partition coefficient (Wildman–Crippen LogP) is 11.5. The van der Waals surface area contributed by atoms with Crippen LogP contribution in [0, 0.1) is 13.8 Å². The lowest BCUT2D eigenvalue weighted by molar-refractivity contribution is 1.01. The van der Waals surface area contributed by atoms with Crippen LogP contribution in [0.15, 0.2) is 145 Å². The normalized spacial score (nSPS) is 13.9. The van der Waals surface area contributed by atoms with Crippen LogP contribution in [0.3, 0.4) is 0 Å². The van der Waals surface area contributed by atoms with Gasteiger partial charge in [0.2, 0.25) is 0 Å². The van der Waals surface area contributed by atoms with Gasteiger partial charge in [-0.25, -0.2) is 0 Å². The van der Waals surface area contributed by atoms with Crippen molar-refractivity contribution in [1.29, 1.82) is 0 Å². The standard InChI is InChI=1S/C42H38N2/c1-5-13-39-31(4)26-32-15-6-9-19-40(32)43(39)35-18-12-14-29(2)38-28-36(24-25-37(38)30(3)22-23-35)44-41-20-10-7-16-33(41)27-34-17-8-11-21-42(34)44/h5-25,28H,26-27H2,1-4H3/b13-5-,14-12?,18-12?,23-22?,29-14?,30-22?,35-18?,35-23?,37-30?,38-29?. The Hall–Kier alpha value is -5.08. The van der Waals surface area contributed by atoms with Crippen molar-refractivity contribution in [2.24, 2.45) is 0 Å². The van der Waals surface area contributed by atoms with Gasteiger partial charge in [0.05, 0.1) is 0 Å². The van der Waals surface area contributed by atoms with Crippen LogP contribution in [0.4, 0.5) is 28.4 Å². The van der Waals surface area contributed by atoms with E-state index in [4.69, 9.17) is 0 Å². The Morgan fingerprint density at radius 1 is 0.500 bits per heavy atom. The summed E-state index contributed by atoms with van der Waals surface area (Å²) in [5.41, 5.74) is 15.3. The number of hydrogen-bond acceptors (Lipinski definition) is 2. The van der Waals surface area contributed by atoms with E-state index in [9.17, 15) is 0 Å². The van der Waals surface area contributed by atoms with E-state index in [0.29, 0.717) is 0 Å². The second-order valence-corrected chi connectivity index (χ2v) is 12.0. The molecule has 0 amide bonds. The summed E-state index contributed by atoms with van der Waals surface area (Å²) in [4.78, 5) is 4.84. The van der Waals surface area contributed by atoms with Crippen LogP contribution in [0.5, 0.6) is 0 Å². The minimum atomic E-state index is 0.958. The third-order valence-electron chi connectivity index (χ3n) is 9.02. The molecule has 7 rings (SSSR count). The number of nitrogens with zero attached hydrogens (tertiary/aromatic N) is 2. The Labute approximate surface area is 261 Å². The summed E-state index contributed by atoms with van der Waals surface area (Å²) in [7, 11) is 0. The van der Waals surface area contributed by atoms with Crippen LogP contribution in [-0.2, 0) is 12.8 Å². The lowest BCUT2D eigenvalue weighted by atomic mass is 9.94. The number of benzene rings is 4. The average molecular weight is 571 g/mol. The molecule has 0 unspecified atom stereocenters. The fraction of sp³-hybridized carbons (Fsp3) is 0.143. The Morgan fingerprint density at radius 2 is 1.07 bits per heavy atom. The lowest BCUT2D eigenvalue weighted by Gasteiger charge is -2.34. The number of aryl methyl sites for hydroxylation is 2. The van der Waals surface area contributed by atoms with Crippen molar-refractivity contribution in [1.82, 2.24) is 0 Å². The van der Waals surface area contributed by atoms with Gasteiger partial charge in [-0.1, -0.05) is 84.9 Å². The van der Waals surface area contributed by atoms with E-state index in [1.807, 2.05) is 0 Å². The van der Waals surface area contributed by atoms with Crippen molar-refractivity contribution < 1.29 is 0 Å². The largest absolute Gasteiger partial charge is 0.310 e. The highest BCUT2D eigenvalue weighted by molar-refractivity contribution is 5.93. The highest BCUT2D eigenvalue weighted by Gasteiger charge is 2.24. The van der Waals surface area contributed by atoms with Crippen LogP contribution in [0.1, 0.15) is 41.7 Å². The third kappa shape index (κ3) is 4.87. The fourth-order valence-corrected chi connectivity index (χ4v) is 6.83. The molecule has 0 fully saturated rings. The molecular formula is C42H38N2. The Bertz CT molecular complexity index is 1980. The van der Waals surface area contributed by atoms with Gasteiger partial charge in [0.1, 0.15) is 0 Å². The summed E-state index contributed by atoms with van der Waals surface area (Å²) >= 11 is 0. The number of fused-ring (bicyclic) bond motifs is 4. The third-order valence-corrected chi connectivity index (χ3v) is 9.02. The van der Waals surface area contributed by atoms with Gasteiger partial charge in [-0.3, -0.25) is 0 Å². The topological polar surface area (TPSA) is 6.48 Å². The van der Waals surface area contributed by atoms with Gasteiger partial charge in [0.15, 0.2) is 0 Å². The van der Waals surface area contributed by atoms with Crippen molar-refractivity contribution in [2.75, 3.05) is 9.80 Å². The molecule has 2 heterocycles. The van der Waals surface area contributed by atoms with Crippen molar-refractivity contribution in [3.8, 4) is 0 Å². The average Bonchev–Trinajstić information content (AvgIpc) is 3.05. The maximum absolute atomic E-state index is 2.43. The molecule has 2 aliphatic rings. The fourth-order valence-electron chi connectivity index (χ4n) is 6.83. The van der Waals surface area contributed by atoms with Crippen molar-refractivity contribution >= 4 is 39.2 Å². The number of para-hydroxylation sites is 3. The molecule has 0 atom stereocenters. The van der Waals surface area contributed by atoms with Crippen LogP contribution < -0.4 is 9.80 Å². The van der Waals surface area contributed by atoms with Gasteiger partial charge in [0.25, 0.3) is 0 Å².